The van der Waals surface area contributed by atoms with Gasteiger partial charge in [-0.2, -0.15) is 0 Å². The Labute approximate surface area is 121 Å². The van der Waals surface area contributed by atoms with Crippen LogP contribution in [0.4, 0.5) is 0 Å². The van der Waals surface area contributed by atoms with Crippen molar-refractivity contribution in [3.8, 4) is 0 Å². The molecule has 0 spiro atoms. The van der Waals surface area contributed by atoms with E-state index in [0.29, 0.717) is 25.6 Å². The van der Waals surface area contributed by atoms with Crippen molar-refractivity contribution in [1.29, 1.82) is 0 Å². The molecule has 2 saturated carbocycles. The Hall–Kier alpha value is -1.10. The maximum absolute atomic E-state index is 12.3. The van der Waals surface area contributed by atoms with E-state index in [-0.39, 0.29) is 23.1 Å². The number of carbonyl (C=O) groups is 2. The Morgan fingerprint density at radius 1 is 1.10 bits per heavy atom. The third-order valence-electron chi connectivity index (χ3n) is 4.76. The van der Waals surface area contributed by atoms with Crippen molar-refractivity contribution >= 4 is 11.8 Å². The second kappa shape index (κ2) is 6.57. The Kier molecular flexibility index (Phi) is 5.02. The SMILES string of the molecule is CC1CCC(CN)(C(=O)NCCNC(=O)C2CC2)CC1. The second-order valence-electron chi connectivity index (χ2n) is 6.49. The summed E-state index contributed by atoms with van der Waals surface area (Å²) < 4.78 is 0. The minimum absolute atomic E-state index is 0.0626. The van der Waals surface area contributed by atoms with Crippen molar-refractivity contribution in [2.45, 2.75) is 45.4 Å². The highest BCUT2D eigenvalue weighted by Crippen LogP contribution is 2.38. The van der Waals surface area contributed by atoms with Crippen LogP contribution >= 0.6 is 0 Å². The van der Waals surface area contributed by atoms with Gasteiger partial charge in [0.05, 0.1) is 5.41 Å². The van der Waals surface area contributed by atoms with Crippen LogP contribution in [0.1, 0.15) is 45.4 Å². The maximum Gasteiger partial charge on any atom is 0.227 e. The van der Waals surface area contributed by atoms with Crippen LogP contribution in [-0.2, 0) is 9.59 Å². The van der Waals surface area contributed by atoms with E-state index in [1.165, 1.54) is 0 Å². The lowest BCUT2D eigenvalue weighted by Crippen LogP contribution is -2.49. The number of hydrogen-bond acceptors (Lipinski definition) is 3. The normalized spacial score (nSPS) is 29.8. The molecule has 0 aromatic heterocycles. The van der Waals surface area contributed by atoms with Gasteiger partial charge in [-0.3, -0.25) is 9.59 Å². The van der Waals surface area contributed by atoms with E-state index in [2.05, 4.69) is 17.6 Å². The summed E-state index contributed by atoms with van der Waals surface area (Å²) in [7, 11) is 0. The van der Waals surface area contributed by atoms with E-state index in [1.54, 1.807) is 0 Å². The smallest absolute Gasteiger partial charge is 0.227 e. The Morgan fingerprint density at radius 3 is 2.25 bits per heavy atom. The van der Waals surface area contributed by atoms with E-state index in [4.69, 9.17) is 5.73 Å². The summed E-state index contributed by atoms with van der Waals surface area (Å²) in [5, 5.41) is 5.80. The molecule has 5 heteroatoms. The quantitative estimate of drug-likeness (QED) is 0.629. The number of hydrogen-bond donors (Lipinski definition) is 3. The third-order valence-corrected chi connectivity index (χ3v) is 4.76. The van der Waals surface area contributed by atoms with Crippen LogP contribution in [0.15, 0.2) is 0 Å². The first-order valence-electron chi connectivity index (χ1n) is 7.83. The standard InChI is InChI=1S/C15H27N3O2/c1-11-4-6-15(10-16,7-5-11)14(20)18-9-8-17-13(19)12-2-3-12/h11-12H,2-10,16H2,1H3,(H,17,19)(H,18,20). The predicted molar refractivity (Wildman–Crippen MR) is 77.9 cm³/mol. The molecule has 20 heavy (non-hydrogen) atoms. The Balaban J connectivity index is 1.70. The average molecular weight is 281 g/mol. The first kappa shape index (κ1) is 15.3. The van der Waals surface area contributed by atoms with Crippen molar-refractivity contribution in [1.82, 2.24) is 10.6 Å². The predicted octanol–water partition coefficient (Wildman–Crippen LogP) is 0.784. The molecule has 0 atom stereocenters. The molecule has 0 aromatic rings. The van der Waals surface area contributed by atoms with E-state index >= 15 is 0 Å². The summed E-state index contributed by atoms with van der Waals surface area (Å²) in [6.45, 7) is 3.65. The van der Waals surface area contributed by atoms with Crippen molar-refractivity contribution in [2.24, 2.45) is 23.0 Å². The molecule has 5 nitrogen and oxygen atoms in total. The third kappa shape index (κ3) is 3.72. The summed E-state index contributed by atoms with van der Waals surface area (Å²) in [6.07, 6.45) is 5.92. The molecule has 0 aromatic carbocycles. The molecular weight excluding hydrogens is 254 g/mol. The van der Waals surface area contributed by atoms with Crippen LogP contribution in [0.25, 0.3) is 0 Å². The fourth-order valence-electron chi connectivity index (χ4n) is 2.88. The molecule has 2 rings (SSSR count). The molecular formula is C15H27N3O2. The zero-order valence-corrected chi connectivity index (χ0v) is 12.4. The van der Waals surface area contributed by atoms with Gasteiger partial charge in [0.2, 0.25) is 11.8 Å². The first-order valence-corrected chi connectivity index (χ1v) is 7.83. The molecule has 0 radical (unpaired) electrons. The summed E-state index contributed by atoms with van der Waals surface area (Å²) in [4.78, 5) is 23.8. The lowest BCUT2D eigenvalue weighted by Gasteiger charge is -2.37. The lowest BCUT2D eigenvalue weighted by atomic mass is 9.70. The number of amides is 2. The first-order chi connectivity index (χ1) is 9.57. The van der Waals surface area contributed by atoms with Gasteiger partial charge < -0.3 is 16.4 Å². The Bertz CT molecular complexity index is 358. The molecule has 114 valence electrons. The van der Waals surface area contributed by atoms with Crippen LogP contribution in [0.5, 0.6) is 0 Å². The number of carbonyl (C=O) groups excluding carboxylic acids is 2. The topological polar surface area (TPSA) is 84.2 Å². The maximum atomic E-state index is 12.3. The number of nitrogens with one attached hydrogen (secondary N) is 2. The highest BCUT2D eigenvalue weighted by molar-refractivity contribution is 5.83. The summed E-state index contributed by atoms with van der Waals surface area (Å²) >= 11 is 0. The molecule has 0 aliphatic heterocycles. The van der Waals surface area contributed by atoms with E-state index in [9.17, 15) is 9.59 Å². The van der Waals surface area contributed by atoms with Gasteiger partial charge in [0.1, 0.15) is 0 Å². The zero-order valence-electron chi connectivity index (χ0n) is 12.4. The van der Waals surface area contributed by atoms with Gasteiger partial charge >= 0.3 is 0 Å². The summed E-state index contributed by atoms with van der Waals surface area (Å²) in [6, 6.07) is 0. The molecule has 2 aliphatic rings. The van der Waals surface area contributed by atoms with E-state index < -0.39 is 0 Å². The molecule has 0 bridgehead atoms. The van der Waals surface area contributed by atoms with Crippen molar-refractivity contribution in [2.75, 3.05) is 19.6 Å². The molecule has 0 unspecified atom stereocenters. The molecule has 2 fully saturated rings. The van der Waals surface area contributed by atoms with E-state index in [1.807, 2.05) is 0 Å². The summed E-state index contributed by atoms with van der Waals surface area (Å²) in [5.74, 6) is 1.10. The van der Waals surface area contributed by atoms with Gasteiger partial charge in [0.15, 0.2) is 0 Å². The fraction of sp³-hybridized carbons (Fsp3) is 0.867. The molecule has 0 heterocycles. The molecule has 2 aliphatic carbocycles. The largest absolute Gasteiger partial charge is 0.354 e. The number of nitrogens with two attached hydrogens (primary N) is 1. The number of rotatable bonds is 6. The fourth-order valence-corrected chi connectivity index (χ4v) is 2.88. The van der Waals surface area contributed by atoms with Gasteiger partial charge in [-0.1, -0.05) is 6.92 Å². The molecule has 4 N–H and O–H groups in total. The Morgan fingerprint density at radius 2 is 1.70 bits per heavy atom. The van der Waals surface area contributed by atoms with E-state index in [0.717, 1.165) is 38.5 Å². The van der Waals surface area contributed by atoms with Gasteiger partial charge in [0.25, 0.3) is 0 Å². The second-order valence-corrected chi connectivity index (χ2v) is 6.49. The zero-order chi connectivity index (χ0) is 14.6. The van der Waals surface area contributed by atoms with Gasteiger partial charge in [0, 0.05) is 25.6 Å². The summed E-state index contributed by atoms with van der Waals surface area (Å²) in [5.41, 5.74) is 5.47. The van der Waals surface area contributed by atoms with Crippen LogP contribution in [0.2, 0.25) is 0 Å². The monoisotopic (exact) mass is 281 g/mol. The highest BCUT2D eigenvalue weighted by atomic mass is 16.2. The minimum Gasteiger partial charge on any atom is -0.354 e. The average Bonchev–Trinajstić information content (AvgIpc) is 3.29. The van der Waals surface area contributed by atoms with Crippen LogP contribution in [0.3, 0.4) is 0 Å². The van der Waals surface area contributed by atoms with Crippen LogP contribution in [-0.4, -0.2) is 31.4 Å². The molecule has 0 saturated heterocycles. The van der Waals surface area contributed by atoms with Crippen LogP contribution in [0, 0.1) is 17.3 Å². The molecule has 2 amide bonds. The lowest BCUT2D eigenvalue weighted by molar-refractivity contribution is -0.133. The minimum atomic E-state index is -0.382. The van der Waals surface area contributed by atoms with Gasteiger partial charge in [-0.25, -0.2) is 0 Å². The van der Waals surface area contributed by atoms with Crippen molar-refractivity contribution in [3.63, 3.8) is 0 Å². The van der Waals surface area contributed by atoms with Crippen molar-refractivity contribution in [3.05, 3.63) is 0 Å². The van der Waals surface area contributed by atoms with Gasteiger partial charge in [-0.15, -0.1) is 0 Å². The highest BCUT2D eigenvalue weighted by Gasteiger charge is 2.39. The van der Waals surface area contributed by atoms with Crippen LogP contribution < -0.4 is 16.4 Å². The van der Waals surface area contributed by atoms with Crippen molar-refractivity contribution < 1.29 is 9.59 Å². The van der Waals surface area contributed by atoms with Gasteiger partial charge in [-0.05, 0) is 44.4 Å².